The number of carbonyl (C=O) groups is 3. The minimum atomic E-state index is -0.697. The van der Waals surface area contributed by atoms with Gasteiger partial charge in [0.05, 0.1) is 0 Å². The van der Waals surface area contributed by atoms with Crippen LogP contribution in [0, 0.1) is 0 Å². The Morgan fingerprint density at radius 2 is 2.04 bits per heavy atom. The summed E-state index contributed by atoms with van der Waals surface area (Å²) in [4.78, 5) is 37.3. The molecule has 24 heavy (non-hydrogen) atoms. The van der Waals surface area contributed by atoms with Crippen LogP contribution in [-0.2, 0) is 20.9 Å². The summed E-state index contributed by atoms with van der Waals surface area (Å²) < 4.78 is 5.15. The van der Waals surface area contributed by atoms with Gasteiger partial charge in [-0.1, -0.05) is 30.3 Å². The Morgan fingerprint density at radius 1 is 1.33 bits per heavy atom. The van der Waals surface area contributed by atoms with Crippen molar-refractivity contribution in [3.8, 4) is 0 Å². The first-order valence-electron chi connectivity index (χ1n) is 8.06. The van der Waals surface area contributed by atoms with Crippen molar-refractivity contribution in [3.05, 3.63) is 35.9 Å². The van der Waals surface area contributed by atoms with Gasteiger partial charge in [0.15, 0.2) is 0 Å². The maximum absolute atomic E-state index is 12.5. The minimum absolute atomic E-state index is 0.134. The number of nitrogens with one attached hydrogen (secondary N) is 1. The van der Waals surface area contributed by atoms with Crippen molar-refractivity contribution >= 4 is 17.9 Å². The molecule has 1 saturated heterocycles. The lowest BCUT2D eigenvalue weighted by Crippen LogP contribution is -2.53. The standard InChI is InChI=1S/C17H23N3O4/c1-12(15(18)21)20-10-6-5-9-14(16(20)22)19-17(23)24-11-13-7-3-2-4-8-13/h2-4,7-8,12,14H,5-6,9-11H2,1H3,(H2,18,21)(H,19,23)/t12-,14-/m0/s1. The fourth-order valence-electron chi connectivity index (χ4n) is 2.64. The Hall–Kier alpha value is -2.57. The van der Waals surface area contributed by atoms with Crippen LogP contribution >= 0.6 is 0 Å². The molecule has 1 aromatic rings. The predicted octanol–water partition coefficient (Wildman–Crippen LogP) is 1.17. The van der Waals surface area contributed by atoms with E-state index in [1.54, 1.807) is 6.92 Å². The van der Waals surface area contributed by atoms with E-state index in [-0.39, 0.29) is 12.5 Å². The molecule has 1 fully saturated rings. The highest BCUT2D eigenvalue weighted by Gasteiger charge is 2.33. The van der Waals surface area contributed by atoms with E-state index in [0.717, 1.165) is 18.4 Å². The van der Waals surface area contributed by atoms with Gasteiger partial charge in [0, 0.05) is 6.54 Å². The molecule has 1 aliphatic rings. The van der Waals surface area contributed by atoms with Gasteiger partial charge in [0.2, 0.25) is 11.8 Å². The molecule has 2 rings (SSSR count). The number of nitrogens with zero attached hydrogens (tertiary/aromatic N) is 1. The molecule has 0 saturated carbocycles. The highest BCUT2D eigenvalue weighted by atomic mass is 16.5. The number of rotatable bonds is 5. The summed E-state index contributed by atoms with van der Waals surface area (Å²) in [7, 11) is 0. The molecule has 7 heteroatoms. The van der Waals surface area contributed by atoms with Gasteiger partial charge in [-0.2, -0.15) is 0 Å². The number of hydrogen-bond acceptors (Lipinski definition) is 4. The summed E-state index contributed by atoms with van der Waals surface area (Å²) in [5.41, 5.74) is 6.16. The zero-order valence-corrected chi connectivity index (χ0v) is 13.7. The maximum atomic E-state index is 12.5. The van der Waals surface area contributed by atoms with Gasteiger partial charge in [0.25, 0.3) is 0 Å². The van der Waals surface area contributed by atoms with E-state index in [1.807, 2.05) is 30.3 Å². The number of alkyl carbamates (subject to hydrolysis) is 1. The van der Waals surface area contributed by atoms with Crippen LogP contribution in [0.2, 0.25) is 0 Å². The van der Waals surface area contributed by atoms with E-state index in [0.29, 0.717) is 13.0 Å². The second-order valence-corrected chi connectivity index (χ2v) is 5.86. The number of nitrogens with two attached hydrogens (primary N) is 1. The molecule has 1 aliphatic heterocycles. The van der Waals surface area contributed by atoms with E-state index >= 15 is 0 Å². The third-order valence-corrected chi connectivity index (χ3v) is 4.11. The molecule has 0 radical (unpaired) electrons. The first kappa shape index (κ1) is 17.8. The average molecular weight is 333 g/mol. The van der Waals surface area contributed by atoms with Crippen LogP contribution in [0.1, 0.15) is 31.7 Å². The van der Waals surface area contributed by atoms with Crippen molar-refractivity contribution in [1.29, 1.82) is 0 Å². The molecule has 0 spiro atoms. The van der Waals surface area contributed by atoms with Crippen molar-refractivity contribution in [1.82, 2.24) is 10.2 Å². The largest absolute Gasteiger partial charge is 0.445 e. The SMILES string of the molecule is C[C@@H](C(N)=O)N1CCCC[C@H](NC(=O)OCc2ccccc2)C1=O. The monoisotopic (exact) mass is 333 g/mol. The first-order chi connectivity index (χ1) is 11.5. The van der Waals surface area contributed by atoms with E-state index in [4.69, 9.17) is 10.5 Å². The first-order valence-corrected chi connectivity index (χ1v) is 8.06. The molecular formula is C17H23N3O4. The molecule has 0 aliphatic carbocycles. The second-order valence-electron chi connectivity index (χ2n) is 5.86. The normalized spacial score (nSPS) is 19.3. The summed E-state index contributed by atoms with van der Waals surface area (Å²) >= 11 is 0. The molecule has 2 atom stereocenters. The predicted molar refractivity (Wildman–Crippen MR) is 87.8 cm³/mol. The molecule has 0 bridgehead atoms. The van der Waals surface area contributed by atoms with Crippen LogP contribution < -0.4 is 11.1 Å². The van der Waals surface area contributed by atoms with Gasteiger partial charge >= 0.3 is 6.09 Å². The number of amides is 3. The molecule has 7 nitrogen and oxygen atoms in total. The summed E-state index contributed by atoms with van der Waals surface area (Å²) in [6, 6.07) is 7.89. The number of hydrogen-bond donors (Lipinski definition) is 2. The smallest absolute Gasteiger partial charge is 0.408 e. The lowest BCUT2D eigenvalue weighted by Gasteiger charge is -2.28. The highest BCUT2D eigenvalue weighted by molar-refractivity contribution is 5.90. The molecule has 1 heterocycles. The molecule has 3 N–H and O–H groups in total. The molecule has 0 unspecified atom stereocenters. The summed E-state index contributed by atoms with van der Waals surface area (Å²) in [6.45, 7) is 2.19. The van der Waals surface area contributed by atoms with Gasteiger partial charge < -0.3 is 20.7 Å². The minimum Gasteiger partial charge on any atom is -0.445 e. The number of ether oxygens (including phenoxy) is 1. The molecule has 3 amide bonds. The number of likely N-dealkylation sites (tertiary alicyclic amines) is 1. The zero-order valence-electron chi connectivity index (χ0n) is 13.7. The van der Waals surface area contributed by atoms with Gasteiger partial charge in [0.1, 0.15) is 18.7 Å². The fourth-order valence-corrected chi connectivity index (χ4v) is 2.64. The summed E-state index contributed by atoms with van der Waals surface area (Å²) in [5.74, 6) is -0.855. The Kier molecular flexibility index (Phi) is 6.17. The van der Waals surface area contributed by atoms with Crippen LogP contribution in [0.4, 0.5) is 4.79 Å². The lowest BCUT2D eigenvalue weighted by molar-refractivity contribution is -0.139. The van der Waals surface area contributed by atoms with Gasteiger partial charge in [-0.3, -0.25) is 9.59 Å². The van der Waals surface area contributed by atoms with E-state index in [1.165, 1.54) is 4.90 Å². The number of benzene rings is 1. The molecule has 130 valence electrons. The molecular weight excluding hydrogens is 310 g/mol. The van der Waals surface area contributed by atoms with Crippen molar-refractivity contribution in [2.24, 2.45) is 5.73 Å². The van der Waals surface area contributed by atoms with Crippen LogP contribution in [0.5, 0.6) is 0 Å². The summed E-state index contributed by atoms with van der Waals surface area (Å²) in [6.07, 6.45) is 1.41. The Morgan fingerprint density at radius 3 is 2.71 bits per heavy atom. The number of carbonyl (C=O) groups excluding carboxylic acids is 3. The Balaban J connectivity index is 1.92. The quantitative estimate of drug-likeness (QED) is 0.844. The van der Waals surface area contributed by atoms with Crippen LogP contribution in [0.25, 0.3) is 0 Å². The van der Waals surface area contributed by atoms with Crippen LogP contribution in [-0.4, -0.2) is 41.4 Å². The van der Waals surface area contributed by atoms with E-state index < -0.39 is 24.1 Å². The Labute approximate surface area is 141 Å². The third-order valence-electron chi connectivity index (χ3n) is 4.11. The second kappa shape index (κ2) is 8.33. The van der Waals surface area contributed by atoms with Crippen molar-refractivity contribution in [2.45, 2.75) is 44.9 Å². The average Bonchev–Trinajstić information content (AvgIpc) is 2.75. The molecule has 1 aromatic carbocycles. The van der Waals surface area contributed by atoms with Gasteiger partial charge in [-0.05, 0) is 31.7 Å². The van der Waals surface area contributed by atoms with Crippen LogP contribution in [0.15, 0.2) is 30.3 Å². The van der Waals surface area contributed by atoms with Gasteiger partial charge in [-0.15, -0.1) is 0 Å². The summed E-state index contributed by atoms with van der Waals surface area (Å²) in [5, 5.41) is 2.60. The highest BCUT2D eigenvalue weighted by Crippen LogP contribution is 2.15. The van der Waals surface area contributed by atoms with Crippen molar-refractivity contribution in [3.63, 3.8) is 0 Å². The Bertz CT molecular complexity index is 591. The van der Waals surface area contributed by atoms with Gasteiger partial charge in [-0.25, -0.2) is 4.79 Å². The lowest BCUT2D eigenvalue weighted by atomic mass is 10.1. The molecule has 0 aromatic heterocycles. The van der Waals surface area contributed by atoms with Crippen molar-refractivity contribution < 1.29 is 19.1 Å². The van der Waals surface area contributed by atoms with E-state index in [2.05, 4.69) is 5.32 Å². The number of primary amides is 1. The fraction of sp³-hybridized carbons (Fsp3) is 0.471. The van der Waals surface area contributed by atoms with Crippen LogP contribution in [0.3, 0.4) is 0 Å². The zero-order chi connectivity index (χ0) is 17.5. The third kappa shape index (κ3) is 4.71. The maximum Gasteiger partial charge on any atom is 0.408 e. The topological polar surface area (TPSA) is 102 Å². The van der Waals surface area contributed by atoms with E-state index in [9.17, 15) is 14.4 Å². The van der Waals surface area contributed by atoms with Crippen molar-refractivity contribution in [2.75, 3.05) is 6.54 Å².